The van der Waals surface area contributed by atoms with Crippen molar-refractivity contribution in [3.63, 3.8) is 0 Å². The Balaban J connectivity index is 2.53. The second-order valence-corrected chi connectivity index (χ2v) is 3.33. The van der Waals surface area contributed by atoms with E-state index >= 15 is 0 Å². The number of nitro groups is 1. The average Bonchev–Trinajstić information content (AvgIpc) is 2.64. The monoisotopic (exact) mass is 219 g/mol. The van der Waals surface area contributed by atoms with Crippen LogP contribution in [0.25, 0.3) is 5.82 Å². The highest BCUT2D eigenvalue weighted by molar-refractivity contribution is 5.47. The van der Waals surface area contributed by atoms with Gasteiger partial charge in [-0.2, -0.15) is 5.10 Å². The SMILES string of the molecule is Cc1cnn(-c2cc([N+](=O)[O-])cc(N)n2)c1. The first kappa shape index (κ1) is 10.1. The van der Waals surface area contributed by atoms with E-state index in [1.165, 1.54) is 16.8 Å². The molecule has 7 heteroatoms. The summed E-state index contributed by atoms with van der Waals surface area (Å²) in [5.41, 5.74) is 6.32. The minimum absolute atomic E-state index is 0.0948. The molecule has 0 atom stereocenters. The number of nitrogen functional groups attached to an aromatic ring is 1. The first-order chi connectivity index (χ1) is 7.56. The van der Waals surface area contributed by atoms with Gasteiger partial charge in [0.2, 0.25) is 0 Å². The van der Waals surface area contributed by atoms with Gasteiger partial charge in [-0.05, 0) is 12.5 Å². The number of rotatable bonds is 2. The number of aromatic nitrogens is 3. The Morgan fingerprint density at radius 1 is 1.50 bits per heavy atom. The van der Waals surface area contributed by atoms with Gasteiger partial charge in [-0.25, -0.2) is 9.67 Å². The molecular formula is C9H9N5O2. The van der Waals surface area contributed by atoms with Crippen molar-refractivity contribution in [3.8, 4) is 5.82 Å². The highest BCUT2D eigenvalue weighted by Crippen LogP contribution is 2.17. The normalized spacial score (nSPS) is 10.3. The lowest BCUT2D eigenvalue weighted by molar-refractivity contribution is -0.384. The molecule has 0 spiro atoms. The van der Waals surface area contributed by atoms with Crippen molar-refractivity contribution in [2.24, 2.45) is 0 Å². The lowest BCUT2D eigenvalue weighted by atomic mass is 10.3. The third-order valence-electron chi connectivity index (χ3n) is 1.97. The molecule has 2 rings (SSSR count). The third-order valence-corrected chi connectivity index (χ3v) is 1.97. The fourth-order valence-electron chi connectivity index (χ4n) is 1.28. The van der Waals surface area contributed by atoms with Crippen LogP contribution in [0.1, 0.15) is 5.56 Å². The number of hydrogen-bond donors (Lipinski definition) is 1. The summed E-state index contributed by atoms with van der Waals surface area (Å²) < 4.78 is 1.44. The molecule has 2 aromatic rings. The van der Waals surface area contributed by atoms with Crippen LogP contribution in [-0.4, -0.2) is 19.7 Å². The second-order valence-electron chi connectivity index (χ2n) is 3.33. The lowest BCUT2D eigenvalue weighted by Crippen LogP contribution is -2.02. The smallest absolute Gasteiger partial charge is 0.276 e. The quantitative estimate of drug-likeness (QED) is 0.601. The van der Waals surface area contributed by atoms with Crippen LogP contribution in [0.2, 0.25) is 0 Å². The van der Waals surface area contributed by atoms with Gasteiger partial charge in [-0.15, -0.1) is 0 Å². The first-order valence-electron chi connectivity index (χ1n) is 4.50. The van der Waals surface area contributed by atoms with Crippen molar-refractivity contribution < 1.29 is 4.92 Å². The number of pyridine rings is 1. The van der Waals surface area contributed by atoms with E-state index in [1.54, 1.807) is 12.4 Å². The van der Waals surface area contributed by atoms with Crippen LogP contribution in [0.5, 0.6) is 0 Å². The summed E-state index contributed by atoms with van der Waals surface area (Å²) >= 11 is 0. The average molecular weight is 219 g/mol. The van der Waals surface area contributed by atoms with Gasteiger partial charge in [-0.1, -0.05) is 0 Å². The zero-order valence-corrected chi connectivity index (χ0v) is 8.49. The maximum Gasteiger partial charge on any atom is 0.276 e. The van der Waals surface area contributed by atoms with Gasteiger partial charge in [0.15, 0.2) is 5.82 Å². The summed E-state index contributed by atoms with van der Waals surface area (Å²) in [6, 6.07) is 2.53. The summed E-state index contributed by atoms with van der Waals surface area (Å²) in [4.78, 5) is 14.1. The minimum Gasteiger partial charge on any atom is -0.383 e. The molecule has 0 aliphatic heterocycles. The molecule has 2 N–H and O–H groups in total. The molecule has 82 valence electrons. The molecule has 2 heterocycles. The Hall–Kier alpha value is -2.44. The Morgan fingerprint density at radius 3 is 2.81 bits per heavy atom. The van der Waals surface area contributed by atoms with Crippen LogP contribution in [0.15, 0.2) is 24.5 Å². The molecule has 16 heavy (non-hydrogen) atoms. The molecule has 2 aromatic heterocycles. The topological polar surface area (TPSA) is 99.9 Å². The summed E-state index contributed by atoms with van der Waals surface area (Å²) in [5.74, 6) is 0.428. The van der Waals surface area contributed by atoms with Crippen LogP contribution in [-0.2, 0) is 0 Å². The van der Waals surface area contributed by atoms with Crippen molar-refractivity contribution in [2.75, 3.05) is 5.73 Å². The van der Waals surface area contributed by atoms with E-state index in [4.69, 9.17) is 5.73 Å². The van der Waals surface area contributed by atoms with Crippen molar-refractivity contribution in [2.45, 2.75) is 6.92 Å². The fraction of sp³-hybridized carbons (Fsp3) is 0.111. The van der Waals surface area contributed by atoms with Crippen LogP contribution >= 0.6 is 0 Å². The number of nitrogens with two attached hydrogens (primary N) is 1. The van der Waals surface area contributed by atoms with E-state index in [-0.39, 0.29) is 11.5 Å². The van der Waals surface area contributed by atoms with E-state index in [9.17, 15) is 10.1 Å². The minimum atomic E-state index is -0.516. The largest absolute Gasteiger partial charge is 0.383 e. The molecule has 0 aromatic carbocycles. The molecule has 7 nitrogen and oxygen atoms in total. The van der Waals surface area contributed by atoms with Gasteiger partial charge in [-0.3, -0.25) is 10.1 Å². The standard InChI is InChI=1S/C9H9N5O2/c1-6-4-11-13(5-6)9-3-7(14(15)16)2-8(10)12-9/h2-5H,1H3,(H2,10,12). The van der Waals surface area contributed by atoms with Gasteiger partial charge >= 0.3 is 0 Å². The Morgan fingerprint density at radius 2 is 2.25 bits per heavy atom. The molecule has 0 aliphatic rings. The highest BCUT2D eigenvalue weighted by atomic mass is 16.6. The van der Waals surface area contributed by atoms with E-state index in [0.29, 0.717) is 5.82 Å². The Bertz CT molecular complexity index is 549. The summed E-state index contributed by atoms with van der Waals surface area (Å²) in [5, 5.41) is 14.6. The zero-order valence-electron chi connectivity index (χ0n) is 8.49. The van der Waals surface area contributed by atoms with E-state index in [0.717, 1.165) is 5.56 Å². The van der Waals surface area contributed by atoms with Crippen molar-refractivity contribution in [1.82, 2.24) is 14.8 Å². The van der Waals surface area contributed by atoms with Crippen LogP contribution in [0.3, 0.4) is 0 Å². The number of hydrogen-bond acceptors (Lipinski definition) is 5. The van der Waals surface area contributed by atoms with Crippen molar-refractivity contribution in [1.29, 1.82) is 0 Å². The fourth-order valence-corrected chi connectivity index (χ4v) is 1.28. The number of nitrogens with zero attached hydrogens (tertiary/aromatic N) is 4. The number of aryl methyl sites for hydroxylation is 1. The van der Waals surface area contributed by atoms with Crippen LogP contribution < -0.4 is 5.73 Å². The molecule has 0 amide bonds. The molecule has 0 bridgehead atoms. The zero-order chi connectivity index (χ0) is 11.7. The molecule has 0 saturated carbocycles. The first-order valence-corrected chi connectivity index (χ1v) is 4.50. The van der Waals surface area contributed by atoms with Crippen molar-refractivity contribution in [3.05, 3.63) is 40.2 Å². The van der Waals surface area contributed by atoms with Gasteiger partial charge in [0, 0.05) is 6.20 Å². The van der Waals surface area contributed by atoms with Gasteiger partial charge < -0.3 is 5.73 Å². The molecule has 0 saturated heterocycles. The molecule has 0 fully saturated rings. The molecule has 0 unspecified atom stereocenters. The van der Waals surface area contributed by atoms with Crippen LogP contribution in [0, 0.1) is 17.0 Å². The lowest BCUT2D eigenvalue weighted by Gasteiger charge is -2.01. The van der Waals surface area contributed by atoms with Crippen LogP contribution in [0.4, 0.5) is 11.5 Å². The predicted octanol–water partition coefficient (Wildman–Crippen LogP) is 1.07. The van der Waals surface area contributed by atoms with Gasteiger partial charge in [0.05, 0.1) is 23.3 Å². The van der Waals surface area contributed by atoms with E-state index in [2.05, 4.69) is 10.1 Å². The summed E-state index contributed by atoms with van der Waals surface area (Å²) in [6.07, 6.45) is 3.35. The predicted molar refractivity (Wildman–Crippen MR) is 57.2 cm³/mol. The van der Waals surface area contributed by atoms with Gasteiger partial charge in [0.25, 0.3) is 5.69 Å². The highest BCUT2D eigenvalue weighted by Gasteiger charge is 2.11. The number of anilines is 1. The molecular weight excluding hydrogens is 210 g/mol. The summed E-state index contributed by atoms with van der Waals surface area (Å²) in [7, 11) is 0. The maximum atomic E-state index is 10.6. The summed E-state index contributed by atoms with van der Waals surface area (Å²) in [6.45, 7) is 1.87. The second kappa shape index (κ2) is 3.61. The molecule has 0 aliphatic carbocycles. The Kier molecular flexibility index (Phi) is 2.28. The van der Waals surface area contributed by atoms with E-state index < -0.39 is 4.92 Å². The van der Waals surface area contributed by atoms with Crippen molar-refractivity contribution >= 4 is 11.5 Å². The third kappa shape index (κ3) is 1.83. The molecule has 0 radical (unpaired) electrons. The Labute approximate surface area is 90.7 Å². The van der Waals surface area contributed by atoms with Gasteiger partial charge in [0.1, 0.15) is 5.82 Å². The van der Waals surface area contributed by atoms with E-state index in [1.807, 2.05) is 6.92 Å². The maximum absolute atomic E-state index is 10.6.